The Labute approximate surface area is 132 Å². The van der Waals surface area contributed by atoms with Gasteiger partial charge >= 0.3 is 6.09 Å². The molecule has 0 aliphatic rings. The Bertz CT molecular complexity index is 546. The van der Waals surface area contributed by atoms with Crippen LogP contribution in [-0.4, -0.2) is 30.6 Å². The van der Waals surface area contributed by atoms with E-state index in [0.717, 1.165) is 5.56 Å². The largest absolute Gasteiger partial charge is 0.496 e. The maximum atomic E-state index is 12.4. The lowest BCUT2D eigenvalue weighted by molar-refractivity contribution is 0.0506. The van der Waals surface area contributed by atoms with Crippen molar-refractivity contribution in [2.75, 3.05) is 7.11 Å². The molecule has 0 heterocycles. The Morgan fingerprint density at radius 3 is 2.45 bits per heavy atom. The molecule has 1 unspecified atom stereocenters. The summed E-state index contributed by atoms with van der Waals surface area (Å²) in [6.45, 7) is 9.06. The quantitative estimate of drug-likeness (QED) is 0.846. The van der Waals surface area contributed by atoms with Crippen molar-refractivity contribution in [3.05, 3.63) is 29.3 Å². The van der Waals surface area contributed by atoms with Gasteiger partial charge in [0, 0.05) is 12.5 Å². The molecule has 5 nitrogen and oxygen atoms in total. The van der Waals surface area contributed by atoms with Gasteiger partial charge in [-0.2, -0.15) is 0 Å². The van der Waals surface area contributed by atoms with Gasteiger partial charge in [-0.25, -0.2) is 4.79 Å². The van der Waals surface area contributed by atoms with Crippen LogP contribution in [0.5, 0.6) is 5.75 Å². The summed E-state index contributed by atoms with van der Waals surface area (Å²) in [7, 11) is 1.53. The molecule has 1 amide bonds. The molecule has 0 aliphatic carbocycles. The fourth-order valence-electron chi connectivity index (χ4n) is 1.99. The summed E-state index contributed by atoms with van der Waals surface area (Å²) >= 11 is 0. The molecule has 1 rings (SSSR count). The monoisotopic (exact) mass is 307 g/mol. The molecule has 1 aromatic carbocycles. The molecule has 5 heteroatoms. The Hall–Kier alpha value is -2.04. The summed E-state index contributed by atoms with van der Waals surface area (Å²) in [5.74, 6) is 0.462. The fraction of sp³-hybridized carbons (Fsp3) is 0.529. The summed E-state index contributed by atoms with van der Waals surface area (Å²) in [6.07, 6.45) is -0.344. The standard InChI is InChI=1S/C17H25NO4/c1-11-7-8-15(21-6)13(9-11)14(19)10-12(2)18-16(20)22-17(3,4)5/h7-9,12H,10H2,1-6H3,(H,18,20). The lowest BCUT2D eigenvalue weighted by atomic mass is 10.0. The van der Waals surface area contributed by atoms with Crippen molar-refractivity contribution in [2.24, 2.45) is 0 Å². The van der Waals surface area contributed by atoms with Gasteiger partial charge in [0.25, 0.3) is 0 Å². The Morgan fingerprint density at radius 1 is 1.27 bits per heavy atom. The van der Waals surface area contributed by atoms with E-state index in [1.165, 1.54) is 7.11 Å². The summed E-state index contributed by atoms with van der Waals surface area (Å²) in [4.78, 5) is 24.1. The van der Waals surface area contributed by atoms with Crippen LogP contribution in [-0.2, 0) is 4.74 Å². The molecule has 1 aromatic rings. The number of ether oxygens (including phenoxy) is 2. The van der Waals surface area contributed by atoms with E-state index in [9.17, 15) is 9.59 Å². The van der Waals surface area contributed by atoms with Gasteiger partial charge in [-0.3, -0.25) is 4.79 Å². The first-order chi connectivity index (χ1) is 10.1. The average Bonchev–Trinajstić information content (AvgIpc) is 2.35. The number of benzene rings is 1. The van der Waals surface area contributed by atoms with Crippen LogP contribution < -0.4 is 10.1 Å². The SMILES string of the molecule is COc1ccc(C)cc1C(=O)CC(C)NC(=O)OC(C)(C)C. The van der Waals surface area contributed by atoms with Crippen LogP contribution in [0.2, 0.25) is 0 Å². The molecule has 0 saturated heterocycles. The normalized spacial score (nSPS) is 12.5. The summed E-state index contributed by atoms with van der Waals surface area (Å²) in [5.41, 5.74) is 0.949. The summed E-state index contributed by atoms with van der Waals surface area (Å²) < 4.78 is 10.4. The van der Waals surface area contributed by atoms with Crippen LogP contribution in [0.25, 0.3) is 0 Å². The zero-order chi connectivity index (χ0) is 16.9. The number of hydrogen-bond acceptors (Lipinski definition) is 4. The van der Waals surface area contributed by atoms with Crippen LogP contribution in [0.1, 0.15) is 50.0 Å². The highest BCUT2D eigenvalue weighted by atomic mass is 16.6. The molecule has 22 heavy (non-hydrogen) atoms. The molecule has 122 valence electrons. The predicted octanol–water partition coefficient (Wildman–Crippen LogP) is 3.49. The second-order valence-corrected chi connectivity index (χ2v) is 6.38. The lowest BCUT2D eigenvalue weighted by Gasteiger charge is -2.21. The number of carbonyl (C=O) groups is 2. The Morgan fingerprint density at radius 2 is 1.91 bits per heavy atom. The van der Waals surface area contributed by atoms with E-state index in [2.05, 4.69) is 5.32 Å². The van der Waals surface area contributed by atoms with Crippen molar-refractivity contribution in [1.82, 2.24) is 5.32 Å². The maximum Gasteiger partial charge on any atom is 0.407 e. The summed E-state index contributed by atoms with van der Waals surface area (Å²) in [6, 6.07) is 5.13. The maximum absolute atomic E-state index is 12.4. The number of aryl methyl sites for hydroxylation is 1. The van der Waals surface area contributed by atoms with Gasteiger partial charge in [-0.15, -0.1) is 0 Å². The molecule has 0 radical (unpaired) electrons. The van der Waals surface area contributed by atoms with E-state index in [1.54, 1.807) is 39.8 Å². The fourth-order valence-corrected chi connectivity index (χ4v) is 1.99. The van der Waals surface area contributed by atoms with E-state index in [1.807, 2.05) is 13.0 Å². The Balaban J connectivity index is 2.69. The first-order valence-corrected chi connectivity index (χ1v) is 7.29. The first-order valence-electron chi connectivity index (χ1n) is 7.29. The van der Waals surface area contributed by atoms with Crippen LogP contribution in [0.4, 0.5) is 4.79 Å². The second-order valence-electron chi connectivity index (χ2n) is 6.38. The molecule has 0 spiro atoms. The molecule has 1 atom stereocenters. The third-order valence-electron chi connectivity index (χ3n) is 2.91. The minimum absolute atomic E-state index is 0.0795. The van der Waals surface area contributed by atoms with E-state index >= 15 is 0 Å². The highest BCUT2D eigenvalue weighted by molar-refractivity contribution is 5.99. The topological polar surface area (TPSA) is 64.6 Å². The number of amides is 1. The number of Topliss-reactive ketones (excluding diaryl/α,β-unsaturated/α-hetero) is 1. The van der Waals surface area contributed by atoms with Gasteiger partial charge in [0.15, 0.2) is 5.78 Å². The average molecular weight is 307 g/mol. The zero-order valence-corrected chi connectivity index (χ0v) is 14.1. The molecular formula is C17H25NO4. The Kier molecular flexibility index (Phi) is 5.97. The third-order valence-corrected chi connectivity index (χ3v) is 2.91. The lowest BCUT2D eigenvalue weighted by Crippen LogP contribution is -2.38. The number of nitrogens with one attached hydrogen (secondary N) is 1. The first kappa shape index (κ1) is 18.0. The number of alkyl carbamates (subject to hydrolysis) is 1. The minimum atomic E-state index is -0.562. The van der Waals surface area contributed by atoms with E-state index < -0.39 is 11.7 Å². The zero-order valence-electron chi connectivity index (χ0n) is 14.1. The predicted molar refractivity (Wildman–Crippen MR) is 85.5 cm³/mol. The molecule has 0 aliphatic heterocycles. The van der Waals surface area contributed by atoms with E-state index in [0.29, 0.717) is 11.3 Å². The molecule has 0 fully saturated rings. The van der Waals surface area contributed by atoms with Gasteiger partial charge in [-0.1, -0.05) is 11.6 Å². The molecule has 0 bridgehead atoms. The number of methoxy groups -OCH3 is 1. The van der Waals surface area contributed by atoms with Crippen molar-refractivity contribution in [2.45, 2.75) is 52.7 Å². The van der Waals surface area contributed by atoms with Gasteiger partial charge in [0.1, 0.15) is 11.4 Å². The summed E-state index contributed by atoms with van der Waals surface area (Å²) in [5, 5.41) is 2.67. The number of ketones is 1. The molecule has 0 aromatic heterocycles. The van der Waals surface area contributed by atoms with Crippen molar-refractivity contribution in [3.63, 3.8) is 0 Å². The van der Waals surface area contributed by atoms with Gasteiger partial charge in [-0.05, 0) is 46.8 Å². The van der Waals surface area contributed by atoms with Crippen molar-refractivity contribution in [3.8, 4) is 5.75 Å². The van der Waals surface area contributed by atoms with Crippen LogP contribution in [0, 0.1) is 6.92 Å². The number of carbonyl (C=O) groups excluding carboxylic acids is 2. The smallest absolute Gasteiger partial charge is 0.407 e. The van der Waals surface area contributed by atoms with Crippen molar-refractivity contribution >= 4 is 11.9 Å². The third kappa shape index (κ3) is 5.76. The second kappa shape index (κ2) is 7.29. The minimum Gasteiger partial charge on any atom is -0.496 e. The number of rotatable bonds is 5. The van der Waals surface area contributed by atoms with Gasteiger partial charge < -0.3 is 14.8 Å². The molecular weight excluding hydrogens is 282 g/mol. The van der Waals surface area contributed by atoms with Gasteiger partial charge in [0.05, 0.1) is 12.7 Å². The highest BCUT2D eigenvalue weighted by Crippen LogP contribution is 2.21. The van der Waals surface area contributed by atoms with E-state index in [-0.39, 0.29) is 18.2 Å². The van der Waals surface area contributed by atoms with Gasteiger partial charge in [0.2, 0.25) is 0 Å². The van der Waals surface area contributed by atoms with E-state index in [4.69, 9.17) is 9.47 Å². The van der Waals surface area contributed by atoms with Crippen LogP contribution in [0.3, 0.4) is 0 Å². The highest BCUT2D eigenvalue weighted by Gasteiger charge is 2.20. The van der Waals surface area contributed by atoms with Crippen LogP contribution >= 0.6 is 0 Å². The number of hydrogen-bond donors (Lipinski definition) is 1. The molecule has 1 N–H and O–H groups in total. The van der Waals surface area contributed by atoms with Crippen molar-refractivity contribution in [1.29, 1.82) is 0 Å². The van der Waals surface area contributed by atoms with Crippen molar-refractivity contribution < 1.29 is 19.1 Å². The van der Waals surface area contributed by atoms with Crippen LogP contribution in [0.15, 0.2) is 18.2 Å². The molecule has 0 saturated carbocycles.